The van der Waals surface area contributed by atoms with Crippen LogP contribution >= 0.6 is 0 Å². The molecule has 4 heteroatoms. The third-order valence-electron chi connectivity index (χ3n) is 3.69. The van der Waals surface area contributed by atoms with Crippen LogP contribution < -0.4 is 4.74 Å². The maximum absolute atomic E-state index is 11.5. The van der Waals surface area contributed by atoms with Crippen LogP contribution in [0.3, 0.4) is 0 Å². The zero-order valence-corrected chi connectivity index (χ0v) is 12.4. The van der Waals surface area contributed by atoms with Gasteiger partial charge in [-0.25, -0.2) is 4.79 Å². The molecule has 0 amide bonds. The minimum Gasteiger partial charge on any atom is -0.494 e. The lowest BCUT2D eigenvalue weighted by atomic mass is 10.1. The maximum Gasteiger partial charge on any atom is 0.338 e. The summed E-state index contributed by atoms with van der Waals surface area (Å²) in [5, 5.41) is 0. The summed E-state index contributed by atoms with van der Waals surface area (Å²) in [6.45, 7) is 6.18. The molecule has 0 aromatic heterocycles. The number of carbonyl (C=O) groups excluding carboxylic acids is 1. The molecular formula is C16H23NO3. The largest absolute Gasteiger partial charge is 0.494 e. The number of nitrogens with zero attached hydrogens (tertiary/aromatic N) is 1. The normalized spacial score (nSPS) is 15.3. The number of benzene rings is 1. The molecule has 1 aromatic rings. The van der Waals surface area contributed by atoms with Crippen molar-refractivity contribution in [2.75, 3.05) is 33.4 Å². The molecule has 1 saturated heterocycles. The number of likely N-dealkylation sites (tertiary alicyclic amines) is 1. The van der Waals surface area contributed by atoms with Gasteiger partial charge < -0.3 is 14.4 Å². The Labute approximate surface area is 120 Å². The van der Waals surface area contributed by atoms with Gasteiger partial charge in [0.15, 0.2) is 0 Å². The van der Waals surface area contributed by atoms with Crippen LogP contribution in [0, 0.1) is 6.92 Å². The molecule has 1 aliphatic rings. The average Bonchev–Trinajstić information content (AvgIpc) is 2.96. The molecule has 0 aliphatic carbocycles. The van der Waals surface area contributed by atoms with Crippen LogP contribution in [0.25, 0.3) is 0 Å². The molecule has 4 nitrogen and oxygen atoms in total. The van der Waals surface area contributed by atoms with Crippen LogP contribution in [0.4, 0.5) is 0 Å². The Morgan fingerprint density at radius 1 is 1.30 bits per heavy atom. The van der Waals surface area contributed by atoms with Crippen molar-refractivity contribution in [3.63, 3.8) is 0 Å². The lowest BCUT2D eigenvalue weighted by Crippen LogP contribution is -2.21. The first-order valence-corrected chi connectivity index (χ1v) is 7.25. The van der Waals surface area contributed by atoms with Crippen LogP contribution in [0.2, 0.25) is 0 Å². The Balaban J connectivity index is 1.78. The molecule has 0 N–H and O–H groups in total. The predicted octanol–water partition coefficient (Wildman–Crippen LogP) is 2.65. The standard InChI is InChI=1S/C16H23NO3/c1-13-12-14(6-7-15(13)16(18)19-2)20-11-5-10-17-8-3-4-9-17/h6-7,12H,3-5,8-11H2,1-2H3. The predicted molar refractivity (Wildman–Crippen MR) is 78.3 cm³/mol. The van der Waals surface area contributed by atoms with E-state index in [1.807, 2.05) is 19.1 Å². The zero-order chi connectivity index (χ0) is 14.4. The van der Waals surface area contributed by atoms with Crippen LogP contribution in [-0.2, 0) is 4.74 Å². The van der Waals surface area contributed by atoms with Crippen LogP contribution in [-0.4, -0.2) is 44.2 Å². The molecule has 1 heterocycles. The molecule has 0 atom stereocenters. The van der Waals surface area contributed by atoms with Gasteiger partial charge in [0, 0.05) is 6.54 Å². The van der Waals surface area contributed by atoms with Crippen molar-refractivity contribution in [3.8, 4) is 5.75 Å². The van der Waals surface area contributed by atoms with Crippen molar-refractivity contribution in [2.45, 2.75) is 26.2 Å². The van der Waals surface area contributed by atoms with Gasteiger partial charge in [0.25, 0.3) is 0 Å². The summed E-state index contributed by atoms with van der Waals surface area (Å²) in [4.78, 5) is 14.0. The summed E-state index contributed by atoms with van der Waals surface area (Å²) in [5.41, 5.74) is 1.48. The smallest absolute Gasteiger partial charge is 0.338 e. The monoisotopic (exact) mass is 277 g/mol. The first-order valence-electron chi connectivity index (χ1n) is 7.25. The molecule has 20 heavy (non-hydrogen) atoms. The van der Waals surface area contributed by atoms with Gasteiger partial charge in [-0.2, -0.15) is 0 Å². The van der Waals surface area contributed by atoms with E-state index < -0.39 is 0 Å². The number of esters is 1. The minimum absolute atomic E-state index is 0.303. The van der Waals surface area contributed by atoms with E-state index in [0.29, 0.717) is 12.2 Å². The second-order valence-corrected chi connectivity index (χ2v) is 5.22. The summed E-state index contributed by atoms with van der Waals surface area (Å²) >= 11 is 0. The summed E-state index contributed by atoms with van der Waals surface area (Å²) in [6.07, 6.45) is 3.70. The number of aryl methyl sites for hydroxylation is 1. The van der Waals surface area contributed by atoms with Gasteiger partial charge in [0.05, 0.1) is 19.3 Å². The fraction of sp³-hybridized carbons (Fsp3) is 0.562. The van der Waals surface area contributed by atoms with E-state index >= 15 is 0 Å². The summed E-state index contributed by atoms with van der Waals surface area (Å²) in [7, 11) is 1.39. The quantitative estimate of drug-likeness (QED) is 0.592. The number of carbonyl (C=O) groups is 1. The number of hydrogen-bond donors (Lipinski definition) is 0. The van der Waals surface area contributed by atoms with Gasteiger partial charge in [-0.3, -0.25) is 0 Å². The molecule has 1 aromatic carbocycles. The van der Waals surface area contributed by atoms with Crippen molar-refractivity contribution in [3.05, 3.63) is 29.3 Å². The second kappa shape index (κ2) is 7.29. The number of ether oxygens (including phenoxy) is 2. The number of methoxy groups -OCH3 is 1. The van der Waals surface area contributed by atoms with E-state index in [1.54, 1.807) is 6.07 Å². The first kappa shape index (κ1) is 14.9. The summed E-state index contributed by atoms with van der Waals surface area (Å²) in [6, 6.07) is 5.48. The van der Waals surface area contributed by atoms with Gasteiger partial charge in [0.1, 0.15) is 5.75 Å². The van der Waals surface area contributed by atoms with Crippen molar-refractivity contribution in [1.82, 2.24) is 4.90 Å². The van der Waals surface area contributed by atoms with Gasteiger partial charge >= 0.3 is 5.97 Å². The van der Waals surface area contributed by atoms with Crippen LogP contribution in [0.5, 0.6) is 5.75 Å². The Hall–Kier alpha value is -1.55. The fourth-order valence-corrected chi connectivity index (χ4v) is 2.55. The molecule has 1 aliphatic heterocycles. The van der Waals surface area contributed by atoms with Gasteiger partial charge in [-0.05, 0) is 63.0 Å². The van der Waals surface area contributed by atoms with E-state index in [-0.39, 0.29) is 5.97 Å². The van der Waals surface area contributed by atoms with Crippen LogP contribution in [0.15, 0.2) is 18.2 Å². The Morgan fingerprint density at radius 3 is 2.70 bits per heavy atom. The maximum atomic E-state index is 11.5. The summed E-state index contributed by atoms with van der Waals surface area (Å²) < 4.78 is 10.5. The lowest BCUT2D eigenvalue weighted by Gasteiger charge is -2.14. The van der Waals surface area contributed by atoms with E-state index in [2.05, 4.69) is 4.90 Å². The number of hydrogen-bond acceptors (Lipinski definition) is 4. The molecule has 0 unspecified atom stereocenters. The Bertz CT molecular complexity index is 453. The van der Waals surface area contributed by atoms with Gasteiger partial charge in [0.2, 0.25) is 0 Å². The van der Waals surface area contributed by atoms with Crippen molar-refractivity contribution >= 4 is 5.97 Å². The van der Waals surface area contributed by atoms with Crippen molar-refractivity contribution < 1.29 is 14.3 Å². The first-order chi connectivity index (χ1) is 9.70. The molecule has 0 saturated carbocycles. The molecule has 2 rings (SSSR count). The molecule has 110 valence electrons. The molecule has 0 bridgehead atoms. The van der Waals surface area contributed by atoms with E-state index in [1.165, 1.54) is 33.0 Å². The third-order valence-corrected chi connectivity index (χ3v) is 3.69. The van der Waals surface area contributed by atoms with E-state index in [9.17, 15) is 4.79 Å². The third kappa shape index (κ3) is 3.97. The van der Waals surface area contributed by atoms with Crippen LogP contribution in [0.1, 0.15) is 35.2 Å². The fourth-order valence-electron chi connectivity index (χ4n) is 2.55. The van der Waals surface area contributed by atoms with Crippen molar-refractivity contribution in [2.24, 2.45) is 0 Å². The molecule has 1 fully saturated rings. The molecule has 0 radical (unpaired) electrons. The van der Waals surface area contributed by atoms with Crippen molar-refractivity contribution in [1.29, 1.82) is 0 Å². The average molecular weight is 277 g/mol. The molecular weight excluding hydrogens is 254 g/mol. The van der Waals surface area contributed by atoms with E-state index in [0.717, 1.165) is 24.3 Å². The summed E-state index contributed by atoms with van der Waals surface area (Å²) in [5.74, 6) is 0.514. The number of rotatable bonds is 6. The van der Waals surface area contributed by atoms with E-state index in [4.69, 9.17) is 9.47 Å². The Kier molecular flexibility index (Phi) is 5.41. The van der Waals surface area contributed by atoms with Gasteiger partial charge in [-0.1, -0.05) is 0 Å². The zero-order valence-electron chi connectivity index (χ0n) is 12.4. The molecule has 0 spiro atoms. The Morgan fingerprint density at radius 2 is 2.05 bits per heavy atom. The topological polar surface area (TPSA) is 38.8 Å². The van der Waals surface area contributed by atoms with Gasteiger partial charge in [-0.15, -0.1) is 0 Å². The highest BCUT2D eigenvalue weighted by molar-refractivity contribution is 5.91. The second-order valence-electron chi connectivity index (χ2n) is 5.22. The highest BCUT2D eigenvalue weighted by Crippen LogP contribution is 2.18. The SMILES string of the molecule is COC(=O)c1ccc(OCCCN2CCCC2)cc1C. The lowest BCUT2D eigenvalue weighted by molar-refractivity contribution is 0.0600. The highest BCUT2D eigenvalue weighted by Gasteiger charge is 2.11. The minimum atomic E-state index is -0.303. The highest BCUT2D eigenvalue weighted by atomic mass is 16.5.